The van der Waals surface area contributed by atoms with Crippen molar-refractivity contribution in [3.8, 4) is 0 Å². The maximum Gasteiger partial charge on any atom is 0.320 e. The van der Waals surface area contributed by atoms with Gasteiger partial charge in [0, 0.05) is 16.8 Å². The van der Waals surface area contributed by atoms with E-state index in [2.05, 4.69) is 28.0 Å². The smallest absolute Gasteiger partial charge is 0.320 e. The molecule has 176 valence electrons. The average molecular weight is 483 g/mol. The minimum Gasteiger partial charge on any atom is -0.322 e. The summed E-state index contributed by atoms with van der Waals surface area (Å²) in [6.07, 6.45) is 5.04. The van der Waals surface area contributed by atoms with Gasteiger partial charge in [-0.15, -0.1) is 11.3 Å². The normalized spacial score (nSPS) is 15.3. The van der Waals surface area contributed by atoms with Crippen molar-refractivity contribution in [3.63, 3.8) is 0 Å². The van der Waals surface area contributed by atoms with Crippen LogP contribution in [0.25, 0.3) is 0 Å². The van der Waals surface area contributed by atoms with Gasteiger partial charge < -0.3 is 16.0 Å². The zero-order valence-corrected chi connectivity index (χ0v) is 19.4. The minimum absolute atomic E-state index is 0.0479. The summed E-state index contributed by atoms with van der Waals surface area (Å²) in [6, 6.07) is 13.6. The minimum atomic E-state index is -1.05. The Bertz CT molecular complexity index is 1140. The van der Waals surface area contributed by atoms with Crippen molar-refractivity contribution in [2.45, 2.75) is 12.5 Å². The molecule has 3 rings (SSSR count). The Balaban J connectivity index is 1.73. The van der Waals surface area contributed by atoms with Crippen molar-refractivity contribution in [1.82, 2.24) is 16.1 Å². The first-order valence-corrected chi connectivity index (χ1v) is 11.0. The van der Waals surface area contributed by atoms with Crippen LogP contribution in [0.4, 0.5) is 14.9 Å². The molecule has 4 N–H and O–H groups in total. The van der Waals surface area contributed by atoms with Gasteiger partial charge in [-0.3, -0.25) is 4.79 Å². The number of hydrogen-bond donors (Lipinski definition) is 4. The summed E-state index contributed by atoms with van der Waals surface area (Å²) in [5, 5.41) is 8.44. The number of carbonyl (C=O) groups is 2. The van der Waals surface area contributed by atoms with Crippen LogP contribution in [0.3, 0.4) is 0 Å². The average Bonchev–Trinajstić information content (AvgIpc) is 2.84. The summed E-state index contributed by atoms with van der Waals surface area (Å²) in [6.45, 7) is 4.17. The number of hydrazone groups is 1. The number of amides is 3. The highest BCUT2D eigenvalue weighted by Gasteiger charge is 2.26. The number of nitrogens with zero attached hydrogens (tertiary/aromatic N) is 1. The van der Waals surface area contributed by atoms with E-state index in [1.54, 1.807) is 78.5 Å². The molecule has 0 bridgehead atoms. The summed E-state index contributed by atoms with van der Waals surface area (Å²) in [5.74, 6) is -1.16. The molecule has 2 aromatic rings. The molecular formula is C25H26ClFN5O2+. The van der Waals surface area contributed by atoms with Crippen LogP contribution >= 0.6 is 11.6 Å². The second-order valence-corrected chi connectivity index (χ2v) is 7.89. The number of urea groups is 1. The first-order valence-electron chi connectivity index (χ1n) is 10.6. The quantitative estimate of drug-likeness (QED) is 0.258. The van der Waals surface area contributed by atoms with Gasteiger partial charge >= 0.3 is 6.03 Å². The SMILES string of the molecule is C=CCN[N+](C)=C1C=C(F)C(NC(=O)C(NC(=O)Nc2ccc(Cl)cc2)c2ccccc2)=CC1. The van der Waals surface area contributed by atoms with Crippen molar-refractivity contribution in [2.24, 2.45) is 0 Å². The van der Waals surface area contributed by atoms with E-state index in [1.807, 2.05) is 0 Å². The molecule has 2 aromatic carbocycles. The van der Waals surface area contributed by atoms with Crippen LogP contribution in [0, 0.1) is 0 Å². The summed E-state index contributed by atoms with van der Waals surface area (Å²) in [5.41, 5.74) is 4.85. The zero-order valence-electron chi connectivity index (χ0n) is 18.6. The van der Waals surface area contributed by atoms with E-state index >= 15 is 0 Å². The van der Waals surface area contributed by atoms with Gasteiger partial charge in [0.15, 0.2) is 12.9 Å². The Kier molecular flexibility index (Phi) is 8.59. The maximum absolute atomic E-state index is 14.8. The molecule has 0 radical (unpaired) electrons. The van der Waals surface area contributed by atoms with E-state index in [1.165, 1.54) is 6.08 Å². The third-order valence-corrected chi connectivity index (χ3v) is 5.25. The third-order valence-electron chi connectivity index (χ3n) is 5.00. The molecule has 0 heterocycles. The fraction of sp³-hybridized carbons (Fsp3) is 0.160. The number of hydrogen-bond acceptors (Lipinski definition) is 3. The Morgan fingerprint density at radius 2 is 1.85 bits per heavy atom. The van der Waals surface area contributed by atoms with E-state index in [0.717, 1.165) is 0 Å². The van der Waals surface area contributed by atoms with Crippen LogP contribution in [0.15, 0.2) is 90.9 Å². The number of anilines is 1. The first-order chi connectivity index (χ1) is 16.4. The molecule has 7 nitrogen and oxygen atoms in total. The number of allylic oxidation sites excluding steroid dienone is 3. The van der Waals surface area contributed by atoms with Gasteiger partial charge in [-0.05, 0) is 35.9 Å². The lowest BCUT2D eigenvalue weighted by molar-refractivity contribution is -0.558. The van der Waals surface area contributed by atoms with Crippen LogP contribution in [0.1, 0.15) is 18.0 Å². The number of benzene rings is 2. The van der Waals surface area contributed by atoms with Crippen LogP contribution in [-0.2, 0) is 4.79 Å². The standard InChI is InChI=1S/C25H25ClFN5O2/c1-3-15-28-32(2)20-13-14-22(21(27)16-20)30-24(33)23(17-7-5-4-6-8-17)31-25(34)29-19-11-9-18(26)10-12-19/h3-12,14,16,23,28H,1,13,15H2,2H3,(H2-,29,30,31,33,34)/p+1. The van der Waals surface area contributed by atoms with Crippen LogP contribution in [-0.4, -0.2) is 35.9 Å². The monoisotopic (exact) mass is 482 g/mol. The maximum atomic E-state index is 14.8. The predicted molar refractivity (Wildman–Crippen MR) is 132 cm³/mol. The highest BCUT2D eigenvalue weighted by molar-refractivity contribution is 6.30. The van der Waals surface area contributed by atoms with Crippen molar-refractivity contribution in [3.05, 3.63) is 102 Å². The molecule has 1 unspecified atom stereocenters. The topological polar surface area (TPSA) is 85.3 Å². The fourth-order valence-corrected chi connectivity index (χ4v) is 3.34. The summed E-state index contributed by atoms with van der Waals surface area (Å²) >= 11 is 5.87. The van der Waals surface area contributed by atoms with E-state index in [0.29, 0.717) is 35.0 Å². The Hall–Kier alpha value is -3.91. The molecule has 1 aliphatic carbocycles. The number of carbonyl (C=O) groups excluding carboxylic acids is 2. The van der Waals surface area contributed by atoms with Gasteiger partial charge in [0.25, 0.3) is 5.91 Å². The van der Waals surface area contributed by atoms with E-state index in [9.17, 15) is 14.0 Å². The van der Waals surface area contributed by atoms with Crippen molar-refractivity contribution in [2.75, 3.05) is 18.9 Å². The first kappa shape index (κ1) is 24.7. The Labute approximate surface area is 202 Å². The van der Waals surface area contributed by atoms with Gasteiger partial charge in [-0.2, -0.15) is 5.43 Å². The Morgan fingerprint density at radius 3 is 2.50 bits per heavy atom. The second kappa shape index (κ2) is 11.8. The lowest BCUT2D eigenvalue weighted by atomic mass is 10.0. The van der Waals surface area contributed by atoms with Crippen LogP contribution < -0.4 is 21.4 Å². The van der Waals surface area contributed by atoms with Gasteiger partial charge in [0.1, 0.15) is 6.04 Å². The molecule has 34 heavy (non-hydrogen) atoms. The molecule has 9 heteroatoms. The number of rotatable bonds is 8. The third kappa shape index (κ3) is 6.79. The molecule has 0 aliphatic heterocycles. The largest absolute Gasteiger partial charge is 0.322 e. The van der Waals surface area contributed by atoms with Crippen LogP contribution in [0.2, 0.25) is 5.02 Å². The number of nitrogens with one attached hydrogen (secondary N) is 4. The Morgan fingerprint density at radius 1 is 1.15 bits per heavy atom. The molecular weight excluding hydrogens is 457 g/mol. The lowest BCUT2D eigenvalue weighted by Gasteiger charge is -2.21. The van der Waals surface area contributed by atoms with E-state index in [-0.39, 0.29) is 5.70 Å². The second-order valence-electron chi connectivity index (χ2n) is 7.45. The summed E-state index contributed by atoms with van der Waals surface area (Å²) < 4.78 is 16.5. The summed E-state index contributed by atoms with van der Waals surface area (Å²) in [4.78, 5) is 25.7. The van der Waals surface area contributed by atoms with E-state index < -0.39 is 23.8 Å². The van der Waals surface area contributed by atoms with Crippen molar-refractivity contribution in [1.29, 1.82) is 0 Å². The van der Waals surface area contributed by atoms with Gasteiger partial charge in [-0.25, -0.2) is 9.18 Å². The molecule has 0 spiro atoms. The van der Waals surface area contributed by atoms with E-state index in [4.69, 9.17) is 11.6 Å². The summed E-state index contributed by atoms with van der Waals surface area (Å²) in [7, 11) is 1.77. The molecule has 1 atom stereocenters. The highest BCUT2D eigenvalue weighted by atomic mass is 35.5. The number of hydrazine groups is 1. The molecule has 1 aliphatic rings. The lowest BCUT2D eigenvalue weighted by Crippen LogP contribution is -2.42. The van der Waals surface area contributed by atoms with Crippen molar-refractivity contribution < 1.29 is 18.7 Å². The molecule has 0 saturated carbocycles. The molecule has 0 fully saturated rings. The molecule has 3 amide bonds. The van der Waals surface area contributed by atoms with Crippen molar-refractivity contribution >= 4 is 34.9 Å². The van der Waals surface area contributed by atoms with Gasteiger partial charge in [0.2, 0.25) is 5.71 Å². The fourth-order valence-electron chi connectivity index (χ4n) is 3.22. The van der Waals surface area contributed by atoms with Gasteiger partial charge in [0.05, 0.1) is 18.7 Å². The molecule has 0 saturated heterocycles. The number of halogens is 2. The van der Waals surface area contributed by atoms with Gasteiger partial charge in [-0.1, -0.05) is 48.0 Å². The van der Waals surface area contributed by atoms with Crippen LogP contribution in [0.5, 0.6) is 0 Å². The highest BCUT2D eigenvalue weighted by Crippen LogP contribution is 2.20. The predicted octanol–water partition coefficient (Wildman–Crippen LogP) is 4.23. The zero-order chi connectivity index (χ0) is 24.5. The molecule has 0 aromatic heterocycles.